The van der Waals surface area contributed by atoms with Gasteiger partial charge in [0.05, 0.1) is 12.0 Å². The summed E-state index contributed by atoms with van der Waals surface area (Å²) in [5.74, 6) is -0.496. The number of primary sulfonamides is 1. The third-order valence-corrected chi connectivity index (χ3v) is 5.88. The SMILES string of the molecule is NS(=O)(=O)c1cc(-c2cccc(C3(C(=O)O)CC3)c2)cc2c1OCC2. The molecule has 2 aromatic rings. The van der Waals surface area contributed by atoms with Gasteiger partial charge in [0.1, 0.15) is 10.6 Å². The Kier molecular flexibility index (Phi) is 3.42. The molecule has 7 heteroatoms. The molecule has 0 amide bonds. The molecular formula is C18H17NO5S. The van der Waals surface area contributed by atoms with Crippen molar-refractivity contribution in [3.05, 3.63) is 47.5 Å². The van der Waals surface area contributed by atoms with Crippen molar-refractivity contribution < 1.29 is 23.1 Å². The summed E-state index contributed by atoms with van der Waals surface area (Å²) < 4.78 is 29.3. The van der Waals surface area contributed by atoms with Gasteiger partial charge in [-0.15, -0.1) is 0 Å². The summed E-state index contributed by atoms with van der Waals surface area (Å²) in [5.41, 5.74) is 2.19. The van der Waals surface area contributed by atoms with Gasteiger partial charge in [-0.1, -0.05) is 24.3 Å². The molecule has 0 unspecified atom stereocenters. The molecule has 0 saturated heterocycles. The Morgan fingerprint density at radius 3 is 2.56 bits per heavy atom. The molecule has 0 spiro atoms. The number of hydrogen-bond donors (Lipinski definition) is 2. The van der Waals surface area contributed by atoms with Gasteiger partial charge in [-0.05, 0) is 47.2 Å². The quantitative estimate of drug-likeness (QED) is 0.869. The molecule has 4 rings (SSSR count). The molecule has 0 atom stereocenters. The minimum atomic E-state index is -3.92. The second-order valence-corrected chi connectivity index (χ2v) is 8.10. The maximum absolute atomic E-state index is 11.9. The Bertz CT molecular complexity index is 993. The molecule has 3 N–H and O–H groups in total. The topological polar surface area (TPSA) is 107 Å². The Morgan fingerprint density at radius 2 is 1.92 bits per heavy atom. The van der Waals surface area contributed by atoms with Crippen LogP contribution in [0.3, 0.4) is 0 Å². The third-order valence-electron chi connectivity index (χ3n) is 4.96. The fraction of sp³-hybridized carbons (Fsp3) is 0.278. The van der Waals surface area contributed by atoms with E-state index in [1.54, 1.807) is 6.07 Å². The predicted molar refractivity (Wildman–Crippen MR) is 91.0 cm³/mol. The highest BCUT2D eigenvalue weighted by Gasteiger charge is 2.51. The van der Waals surface area contributed by atoms with Gasteiger partial charge in [-0.25, -0.2) is 13.6 Å². The number of carboxylic acid groups (broad SMARTS) is 1. The number of carboxylic acids is 1. The maximum atomic E-state index is 11.9. The van der Waals surface area contributed by atoms with E-state index in [1.165, 1.54) is 6.07 Å². The van der Waals surface area contributed by atoms with Gasteiger partial charge >= 0.3 is 5.97 Å². The van der Waals surface area contributed by atoms with Gasteiger partial charge in [0.15, 0.2) is 0 Å². The van der Waals surface area contributed by atoms with Crippen LogP contribution in [-0.2, 0) is 26.7 Å². The molecule has 130 valence electrons. The normalized spacial score (nSPS) is 17.6. The Balaban J connectivity index is 1.85. The first-order chi connectivity index (χ1) is 11.8. The second-order valence-electron chi connectivity index (χ2n) is 6.57. The van der Waals surface area contributed by atoms with E-state index in [1.807, 2.05) is 24.3 Å². The van der Waals surface area contributed by atoms with Crippen molar-refractivity contribution in [1.29, 1.82) is 0 Å². The molecule has 0 radical (unpaired) electrons. The van der Waals surface area contributed by atoms with Crippen molar-refractivity contribution in [3.63, 3.8) is 0 Å². The summed E-state index contributed by atoms with van der Waals surface area (Å²) >= 11 is 0. The van der Waals surface area contributed by atoms with E-state index >= 15 is 0 Å². The molecule has 6 nitrogen and oxygen atoms in total. The lowest BCUT2D eigenvalue weighted by Crippen LogP contribution is -2.19. The summed E-state index contributed by atoms with van der Waals surface area (Å²) in [4.78, 5) is 11.5. The highest BCUT2D eigenvalue weighted by atomic mass is 32.2. The molecule has 0 bridgehead atoms. The number of nitrogens with two attached hydrogens (primary N) is 1. The highest BCUT2D eigenvalue weighted by molar-refractivity contribution is 7.89. The van der Waals surface area contributed by atoms with Gasteiger partial charge in [-0.2, -0.15) is 0 Å². The van der Waals surface area contributed by atoms with E-state index in [2.05, 4.69) is 0 Å². The van der Waals surface area contributed by atoms with E-state index in [0.29, 0.717) is 37.2 Å². The Hall–Kier alpha value is -2.38. The molecule has 0 aromatic heterocycles. The fourth-order valence-corrected chi connectivity index (χ4v) is 4.14. The number of fused-ring (bicyclic) bond motifs is 1. The van der Waals surface area contributed by atoms with Crippen LogP contribution in [-0.4, -0.2) is 26.1 Å². The van der Waals surface area contributed by atoms with Crippen molar-refractivity contribution >= 4 is 16.0 Å². The smallest absolute Gasteiger partial charge is 0.314 e. The number of rotatable bonds is 4. The summed E-state index contributed by atoms with van der Waals surface area (Å²) in [6, 6.07) is 10.7. The van der Waals surface area contributed by atoms with E-state index in [-0.39, 0.29) is 4.90 Å². The van der Waals surface area contributed by atoms with Gasteiger partial charge in [0.2, 0.25) is 10.0 Å². The van der Waals surface area contributed by atoms with Crippen LogP contribution in [0.2, 0.25) is 0 Å². The minimum absolute atomic E-state index is 0.0257. The first kappa shape index (κ1) is 16.1. The molecule has 1 fully saturated rings. The van der Waals surface area contributed by atoms with Crippen molar-refractivity contribution in [1.82, 2.24) is 0 Å². The van der Waals surface area contributed by atoms with Crippen LogP contribution in [0.5, 0.6) is 5.75 Å². The van der Waals surface area contributed by atoms with Crippen molar-refractivity contribution in [2.24, 2.45) is 5.14 Å². The van der Waals surface area contributed by atoms with Gasteiger partial charge in [0.25, 0.3) is 0 Å². The maximum Gasteiger partial charge on any atom is 0.314 e. The van der Waals surface area contributed by atoms with Crippen molar-refractivity contribution in [2.75, 3.05) is 6.61 Å². The molecule has 2 aromatic carbocycles. The van der Waals surface area contributed by atoms with Crippen molar-refractivity contribution in [2.45, 2.75) is 29.6 Å². The van der Waals surface area contributed by atoms with Crippen LogP contribution in [0.15, 0.2) is 41.3 Å². The van der Waals surface area contributed by atoms with Crippen LogP contribution < -0.4 is 9.88 Å². The number of carbonyl (C=O) groups is 1. The second kappa shape index (κ2) is 5.31. The number of sulfonamides is 1. The van der Waals surface area contributed by atoms with Crippen molar-refractivity contribution in [3.8, 4) is 16.9 Å². The zero-order valence-corrected chi connectivity index (χ0v) is 14.2. The summed E-state index contributed by atoms with van der Waals surface area (Å²) in [6.07, 6.45) is 1.85. The number of benzene rings is 2. The Morgan fingerprint density at radius 1 is 1.16 bits per heavy atom. The highest BCUT2D eigenvalue weighted by Crippen LogP contribution is 2.49. The molecule has 1 heterocycles. The molecule has 2 aliphatic rings. The Labute approximate surface area is 145 Å². The summed E-state index contributed by atoms with van der Waals surface area (Å²) in [6.45, 7) is 0.420. The zero-order chi connectivity index (χ0) is 17.8. The largest absolute Gasteiger partial charge is 0.492 e. The first-order valence-corrected chi connectivity index (χ1v) is 9.53. The lowest BCUT2D eigenvalue weighted by molar-refractivity contribution is -0.140. The molecular weight excluding hydrogens is 342 g/mol. The summed E-state index contributed by atoms with van der Waals surface area (Å²) in [5, 5.41) is 14.8. The average Bonchev–Trinajstić information content (AvgIpc) is 3.25. The van der Waals surface area contributed by atoms with Crippen LogP contribution in [0, 0.1) is 0 Å². The monoisotopic (exact) mass is 359 g/mol. The van der Waals surface area contributed by atoms with E-state index < -0.39 is 21.4 Å². The van der Waals surface area contributed by atoms with E-state index in [4.69, 9.17) is 9.88 Å². The minimum Gasteiger partial charge on any atom is -0.492 e. The lowest BCUT2D eigenvalue weighted by Gasteiger charge is -2.13. The van der Waals surface area contributed by atoms with Gasteiger partial charge in [0, 0.05) is 6.42 Å². The molecule has 1 aliphatic carbocycles. The molecule has 1 saturated carbocycles. The van der Waals surface area contributed by atoms with E-state index in [9.17, 15) is 18.3 Å². The fourth-order valence-electron chi connectivity index (χ4n) is 3.40. The van der Waals surface area contributed by atoms with Crippen LogP contribution in [0.25, 0.3) is 11.1 Å². The number of hydrogen-bond acceptors (Lipinski definition) is 4. The number of aliphatic carboxylic acids is 1. The summed E-state index contributed by atoms with van der Waals surface area (Å²) in [7, 11) is -3.92. The molecule has 25 heavy (non-hydrogen) atoms. The van der Waals surface area contributed by atoms with Gasteiger partial charge < -0.3 is 9.84 Å². The standard InChI is InChI=1S/C18H17NO5S/c19-25(22,23)15-10-13(8-12-4-7-24-16(12)15)11-2-1-3-14(9-11)18(5-6-18)17(20)21/h1-3,8-10H,4-7H2,(H,20,21)(H2,19,22,23). The number of ether oxygens (including phenoxy) is 1. The van der Waals surface area contributed by atoms with Crippen LogP contribution >= 0.6 is 0 Å². The predicted octanol–water partition coefficient (Wildman–Crippen LogP) is 2.05. The van der Waals surface area contributed by atoms with Crippen LogP contribution in [0.1, 0.15) is 24.0 Å². The van der Waals surface area contributed by atoms with Gasteiger partial charge in [-0.3, -0.25) is 4.79 Å². The average molecular weight is 359 g/mol. The van der Waals surface area contributed by atoms with E-state index in [0.717, 1.165) is 16.7 Å². The molecule has 1 aliphatic heterocycles. The third kappa shape index (κ3) is 2.60. The van der Waals surface area contributed by atoms with Crippen LogP contribution in [0.4, 0.5) is 0 Å². The first-order valence-electron chi connectivity index (χ1n) is 7.98. The zero-order valence-electron chi connectivity index (χ0n) is 13.4. The lowest BCUT2D eigenvalue weighted by atomic mass is 9.92.